The summed E-state index contributed by atoms with van der Waals surface area (Å²) in [6.07, 6.45) is 3.01. The minimum absolute atomic E-state index is 0.181. The van der Waals surface area contributed by atoms with Gasteiger partial charge in [-0.05, 0) is 43.4 Å². The number of benzene rings is 1. The average molecular weight is 260 g/mol. The molecule has 3 heteroatoms. The lowest BCUT2D eigenvalue weighted by atomic mass is 9.99. The van der Waals surface area contributed by atoms with E-state index in [-0.39, 0.29) is 5.91 Å². The minimum Gasteiger partial charge on any atom is -0.335 e. The Labute approximate surface area is 115 Å². The van der Waals surface area contributed by atoms with Gasteiger partial charge in [-0.15, -0.1) is 0 Å². The Bertz CT molecular complexity index is 442. The maximum Gasteiger partial charge on any atom is 0.254 e. The fourth-order valence-corrected chi connectivity index (χ4v) is 2.99. The zero-order chi connectivity index (χ0) is 13.8. The molecule has 0 bridgehead atoms. The van der Waals surface area contributed by atoms with Crippen molar-refractivity contribution in [1.29, 1.82) is 0 Å². The molecule has 1 unspecified atom stereocenters. The van der Waals surface area contributed by atoms with Crippen LogP contribution in [0.5, 0.6) is 0 Å². The third-order valence-corrected chi connectivity index (χ3v) is 3.99. The molecule has 2 rings (SSSR count). The van der Waals surface area contributed by atoms with E-state index in [0.29, 0.717) is 18.5 Å². The molecule has 1 fully saturated rings. The topological polar surface area (TPSA) is 46.3 Å². The number of nitrogens with two attached hydrogens (primary N) is 1. The number of amides is 1. The highest BCUT2D eigenvalue weighted by atomic mass is 16.2. The molecule has 1 aliphatic rings. The Morgan fingerprint density at radius 2 is 2.16 bits per heavy atom. The first-order chi connectivity index (χ1) is 9.15. The van der Waals surface area contributed by atoms with Gasteiger partial charge in [0.15, 0.2) is 0 Å². The summed E-state index contributed by atoms with van der Waals surface area (Å²) in [5.41, 5.74) is 7.54. The van der Waals surface area contributed by atoms with Crippen molar-refractivity contribution in [1.82, 2.24) is 4.90 Å². The summed E-state index contributed by atoms with van der Waals surface area (Å²) in [5, 5.41) is 0. The molecule has 1 aromatic rings. The maximum atomic E-state index is 12.7. The Kier molecular flexibility index (Phi) is 4.59. The molecule has 1 amide bonds. The van der Waals surface area contributed by atoms with Crippen molar-refractivity contribution < 1.29 is 4.79 Å². The first-order valence-corrected chi connectivity index (χ1v) is 7.24. The second-order valence-electron chi connectivity index (χ2n) is 5.65. The molecule has 1 heterocycles. The van der Waals surface area contributed by atoms with Crippen molar-refractivity contribution in [2.24, 2.45) is 11.7 Å². The molecule has 0 saturated carbocycles. The fraction of sp³-hybridized carbons (Fsp3) is 0.562. The van der Waals surface area contributed by atoms with Crippen LogP contribution in [0.4, 0.5) is 0 Å². The number of hydrogen-bond donors (Lipinski definition) is 1. The number of carbonyl (C=O) groups excluding carboxylic acids is 1. The summed E-state index contributed by atoms with van der Waals surface area (Å²) in [7, 11) is 0. The molecule has 0 aromatic heterocycles. The van der Waals surface area contributed by atoms with E-state index in [2.05, 4.69) is 18.7 Å². The van der Waals surface area contributed by atoms with Gasteiger partial charge in [-0.1, -0.05) is 32.0 Å². The molecule has 19 heavy (non-hydrogen) atoms. The summed E-state index contributed by atoms with van der Waals surface area (Å²) in [4.78, 5) is 14.8. The predicted molar refractivity (Wildman–Crippen MR) is 78.1 cm³/mol. The molecule has 3 nitrogen and oxygen atoms in total. The van der Waals surface area contributed by atoms with Crippen LogP contribution in [0, 0.1) is 5.92 Å². The van der Waals surface area contributed by atoms with E-state index in [4.69, 9.17) is 5.73 Å². The van der Waals surface area contributed by atoms with Crippen molar-refractivity contribution in [3.63, 3.8) is 0 Å². The quantitative estimate of drug-likeness (QED) is 0.904. The van der Waals surface area contributed by atoms with Gasteiger partial charge in [0.25, 0.3) is 5.91 Å². The van der Waals surface area contributed by atoms with Gasteiger partial charge in [0.1, 0.15) is 0 Å². The number of hydrogen-bond acceptors (Lipinski definition) is 2. The van der Waals surface area contributed by atoms with E-state index in [1.165, 1.54) is 0 Å². The first kappa shape index (κ1) is 14.1. The van der Waals surface area contributed by atoms with Gasteiger partial charge in [0, 0.05) is 18.2 Å². The molecule has 1 saturated heterocycles. The normalized spacial score (nSPS) is 19.2. The summed E-state index contributed by atoms with van der Waals surface area (Å²) in [6, 6.07) is 8.25. The highest BCUT2D eigenvalue weighted by molar-refractivity contribution is 5.96. The molecule has 1 aromatic carbocycles. The van der Waals surface area contributed by atoms with E-state index >= 15 is 0 Å². The van der Waals surface area contributed by atoms with Gasteiger partial charge in [0.05, 0.1) is 0 Å². The van der Waals surface area contributed by atoms with Gasteiger partial charge >= 0.3 is 0 Å². The van der Waals surface area contributed by atoms with E-state index in [1.54, 1.807) is 0 Å². The smallest absolute Gasteiger partial charge is 0.254 e. The van der Waals surface area contributed by atoms with Crippen LogP contribution in [0.3, 0.4) is 0 Å². The monoisotopic (exact) mass is 260 g/mol. The SMILES string of the molecule is CC(C)C1CCCN1C(=O)c1ccccc1CCN. The summed E-state index contributed by atoms with van der Waals surface area (Å²) in [5.74, 6) is 0.702. The lowest BCUT2D eigenvalue weighted by Gasteiger charge is -2.28. The molecule has 1 atom stereocenters. The first-order valence-electron chi connectivity index (χ1n) is 7.24. The van der Waals surface area contributed by atoms with Crippen LogP contribution in [0.2, 0.25) is 0 Å². The van der Waals surface area contributed by atoms with Crippen molar-refractivity contribution in [3.05, 3.63) is 35.4 Å². The van der Waals surface area contributed by atoms with E-state index in [9.17, 15) is 4.79 Å². The Hall–Kier alpha value is -1.35. The molecular formula is C16H24N2O. The van der Waals surface area contributed by atoms with E-state index in [0.717, 1.165) is 36.9 Å². The fourth-order valence-electron chi connectivity index (χ4n) is 2.99. The van der Waals surface area contributed by atoms with Crippen molar-refractivity contribution in [2.75, 3.05) is 13.1 Å². The lowest BCUT2D eigenvalue weighted by Crippen LogP contribution is -2.39. The van der Waals surface area contributed by atoms with Gasteiger partial charge in [-0.2, -0.15) is 0 Å². The van der Waals surface area contributed by atoms with Crippen molar-refractivity contribution >= 4 is 5.91 Å². The average Bonchev–Trinajstić information content (AvgIpc) is 2.88. The number of carbonyl (C=O) groups is 1. The predicted octanol–water partition coefficient (Wildman–Crippen LogP) is 2.45. The van der Waals surface area contributed by atoms with Crippen LogP contribution in [0.1, 0.15) is 42.6 Å². The number of likely N-dealkylation sites (tertiary alicyclic amines) is 1. The largest absolute Gasteiger partial charge is 0.335 e. The molecule has 0 spiro atoms. The number of nitrogens with zero attached hydrogens (tertiary/aromatic N) is 1. The van der Waals surface area contributed by atoms with Crippen LogP contribution >= 0.6 is 0 Å². The third-order valence-electron chi connectivity index (χ3n) is 3.99. The highest BCUT2D eigenvalue weighted by Gasteiger charge is 2.31. The van der Waals surface area contributed by atoms with Gasteiger partial charge in [0.2, 0.25) is 0 Å². The minimum atomic E-state index is 0.181. The van der Waals surface area contributed by atoms with Crippen LogP contribution in [-0.4, -0.2) is 29.9 Å². The van der Waals surface area contributed by atoms with Gasteiger partial charge in [-0.25, -0.2) is 0 Å². The molecule has 104 valence electrons. The Balaban J connectivity index is 2.24. The molecule has 2 N–H and O–H groups in total. The molecule has 1 aliphatic heterocycles. The van der Waals surface area contributed by atoms with Gasteiger partial charge < -0.3 is 10.6 Å². The molecule has 0 aliphatic carbocycles. The summed E-state index contributed by atoms with van der Waals surface area (Å²) < 4.78 is 0. The lowest BCUT2D eigenvalue weighted by molar-refractivity contribution is 0.0700. The van der Waals surface area contributed by atoms with Gasteiger partial charge in [-0.3, -0.25) is 4.79 Å². The highest BCUT2D eigenvalue weighted by Crippen LogP contribution is 2.26. The van der Waals surface area contributed by atoms with Crippen LogP contribution in [0.25, 0.3) is 0 Å². The second-order valence-corrected chi connectivity index (χ2v) is 5.65. The van der Waals surface area contributed by atoms with E-state index in [1.807, 2.05) is 24.3 Å². The zero-order valence-corrected chi connectivity index (χ0v) is 11.9. The Morgan fingerprint density at radius 3 is 2.84 bits per heavy atom. The second kappa shape index (κ2) is 6.20. The zero-order valence-electron chi connectivity index (χ0n) is 11.9. The van der Waals surface area contributed by atoms with Crippen molar-refractivity contribution in [2.45, 2.75) is 39.2 Å². The summed E-state index contributed by atoms with van der Waals surface area (Å²) in [6.45, 7) is 5.86. The maximum absolute atomic E-state index is 12.7. The standard InChI is InChI=1S/C16H24N2O/c1-12(2)15-8-5-11-18(15)16(19)14-7-4-3-6-13(14)9-10-17/h3-4,6-7,12,15H,5,8-11,17H2,1-2H3. The molecular weight excluding hydrogens is 236 g/mol. The van der Waals surface area contributed by atoms with E-state index < -0.39 is 0 Å². The summed E-state index contributed by atoms with van der Waals surface area (Å²) >= 11 is 0. The van der Waals surface area contributed by atoms with Crippen LogP contribution in [0.15, 0.2) is 24.3 Å². The molecule has 0 radical (unpaired) electrons. The number of rotatable bonds is 4. The van der Waals surface area contributed by atoms with Crippen LogP contribution < -0.4 is 5.73 Å². The van der Waals surface area contributed by atoms with Crippen molar-refractivity contribution in [3.8, 4) is 0 Å². The van der Waals surface area contributed by atoms with Crippen LogP contribution in [-0.2, 0) is 6.42 Å². The Morgan fingerprint density at radius 1 is 1.42 bits per heavy atom. The third kappa shape index (κ3) is 2.98.